The topological polar surface area (TPSA) is 84.7 Å². The third-order valence-electron chi connectivity index (χ3n) is 5.39. The Bertz CT molecular complexity index is 1160. The number of ether oxygens (including phenoxy) is 1. The number of morpholine rings is 1. The molecule has 1 aliphatic rings. The van der Waals surface area contributed by atoms with Gasteiger partial charge in [-0.2, -0.15) is 4.98 Å². The summed E-state index contributed by atoms with van der Waals surface area (Å²) in [6.07, 6.45) is 0.834. The van der Waals surface area contributed by atoms with Crippen LogP contribution >= 0.6 is 11.6 Å². The van der Waals surface area contributed by atoms with Crippen LogP contribution in [0.5, 0.6) is 0 Å². The van der Waals surface area contributed by atoms with Crippen LogP contribution < -0.4 is 5.32 Å². The number of aryl methyl sites for hydroxylation is 1. The average Bonchev–Trinajstić information content (AvgIpc) is 3.23. The van der Waals surface area contributed by atoms with Gasteiger partial charge in [-0.05, 0) is 55.8 Å². The van der Waals surface area contributed by atoms with E-state index in [1.807, 2.05) is 31.2 Å². The first-order valence-electron chi connectivity index (χ1n) is 10.6. The maximum absolute atomic E-state index is 13.3. The molecule has 0 bridgehead atoms. The molecule has 0 atom stereocenters. The van der Waals surface area contributed by atoms with Gasteiger partial charge in [0.25, 0.3) is 0 Å². The van der Waals surface area contributed by atoms with Crippen LogP contribution in [0.4, 0.5) is 5.88 Å². The van der Waals surface area contributed by atoms with Crippen LogP contribution in [0.15, 0.2) is 62.9 Å². The van der Waals surface area contributed by atoms with Gasteiger partial charge in [0.1, 0.15) is 0 Å². The molecule has 9 heteroatoms. The zero-order chi connectivity index (χ0) is 22.6. The van der Waals surface area contributed by atoms with E-state index in [0.717, 1.165) is 50.4 Å². The van der Waals surface area contributed by atoms with Crippen molar-refractivity contribution < 1.29 is 17.6 Å². The van der Waals surface area contributed by atoms with Gasteiger partial charge in [-0.15, -0.1) is 0 Å². The molecule has 4 rings (SSSR count). The number of rotatable bonds is 8. The first-order valence-corrected chi connectivity index (χ1v) is 12.4. The van der Waals surface area contributed by atoms with Crippen LogP contribution in [0.2, 0.25) is 5.02 Å². The fourth-order valence-electron chi connectivity index (χ4n) is 3.58. The van der Waals surface area contributed by atoms with E-state index < -0.39 is 9.84 Å². The van der Waals surface area contributed by atoms with Gasteiger partial charge in [0.15, 0.2) is 0 Å². The van der Waals surface area contributed by atoms with Gasteiger partial charge in [-0.3, -0.25) is 4.90 Å². The van der Waals surface area contributed by atoms with Gasteiger partial charge in [0.05, 0.1) is 18.1 Å². The van der Waals surface area contributed by atoms with Crippen molar-refractivity contribution in [3.05, 3.63) is 59.1 Å². The molecule has 2 heterocycles. The second-order valence-corrected chi connectivity index (χ2v) is 9.96. The van der Waals surface area contributed by atoms with E-state index in [-0.39, 0.29) is 21.7 Å². The van der Waals surface area contributed by atoms with Gasteiger partial charge in [0.2, 0.25) is 26.6 Å². The van der Waals surface area contributed by atoms with Crippen molar-refractivity contribution in [3.8, 4) is 11.5 Å². The lowest BCUT2D eigenvalue weighted by molar-refractivity contribution is 0.0378. The molecule has 0 amide bonds. The Morgan fingerprint density at radius 2 is 1.81 bits per heavy atom. The van der Waals surface area contributed by atoms with Crippen molar-refractivity contribution in [1.29, 1.82) is 0 Å². The zero-order valence-corrected chi connectivity index (χ0v) is 19.5. The van der Waals surface area contributed by atoms with E-state index in [2.05, 4.69) is 15.2 Å². The van der Waals surface area contributed by atoms with Crippen molar-refractivity contribution in [2.45, 2.75) is 23.3 Å². The molecule has 3 aromatic rings. The Hall–Kier alpha value is -2.39. The van der Waals surface area contributed by atoms with Crippen LogP contribution in [0.25, 0.3) is 11.5 Å². The van der Waals surface area contributed by atoms with Crippen LogP contribution in [0.1, 0.15) is 12.0 Å². The summed E-state index contributed by atoms with van der Waals surface area (Å²) < 4.78 is 38.0. The fraction of sp³-hybridized carbons (Fsp3) is 0.348. The average molecular weight is 476 g/mol. The Morgan fingerprint density at radius 3 is 2.53 bits per heavy atom. The van der Waals surface area contributed by atoms with E-state index in [1.54, 1.807) is 12.1 Å². The van der Waals surface area contributed by atoms with Gasteiger partial charge in [-0.25, -0.2) is 8.42 Å². The highest BCUT2D eigenvalue weighted by molar-refractivity contribution is 7.91. The van der Waals surface area contributed by atoms with Crippen molar-refractivity contribution in [2.75, 3.05) is 44.7 Å². The number of oxazole rings is 1. The summed E-state index contributed by atoms with van der Waals surface area (Å²) in [6.45, 7) is 6.71. The third kappa shape index (κ3) is 5.15. The number of nitrogens with zero attached hydrogens (tertiary/aromatic N) is 2. The highest BCUT2D eigenvalue weighted by Gasteiger charge is 2.29. The van der Waals surface area contributed by atoms with Gasteiger partial charge < -0.3 is 14.5 Å². The molecule has 1 aromatic heterocycles. The van der Waals surface area contributed by atoms with Crippen molar-refractivity contribution in [2.24, 2.45) is 0 Å². The van der Waals surface area contributed by atoms with Crippen molar-refractivity contribution in [3.63, 3.8) is 0 Å². The molecular weight excluding hydrogens is 450 g/mol. The van der Waals surface area contributed by atoms with Gasteiger partial charge in [0, 0.05) is 30.2 Å². The van der Waals surface area contributed by atoms with Crippen LogP contribution in [0, 0.1) is 6.92 Å². The number of sulfone groups is 1. The minimum atomic E-state index is -3.90. The monoisotopic (exact) mass is 475 g/mol. The predicted molar refractivity (Wildman–Crippen MR) is 124 cm³/mol. The van der Waals surface area contributed by atoms with E-state index in [4.69, 9.17) is 20.8 Å². The molecule has 0 radical (unpaired) electrons. The highest BCUT2D eigenvalue weighted by atomic mass is 35.5. The normalized spacial score (nSPS) is 15.1. The second kappa shape index (κ2) is 10.0. The second-order valence-electron chi connectivity index (χ2n) is 7.66. The molecule has 7 nitrogen and oxygen atoms in total. The number of halogens is 1. The summed E-state index contributed by atoms with van der Waals surface area (Å²) in [5.74, 6) is 0.423. The Balaban J connectivity index is 1.60. The maximum Gasteiger partial charge on any atom is 0.233 e. The molecule has 1 aliphatic heterocycles. The molecule has 2 aromatic carbocycles. The third-order valence-corrected chi connectivity index (χ3v) is 7.32. The molecule has 32 heavy (non-hydrogen) atoms. The lowest BCUT2D eigenvalue weighted by atomic mass is 10.1. The zero-order valence-electron chi connectivity index (χ0n) is 17.9. The van der Waals surface area contributed by atoms with E-state index in [1.165, 1.54) is 12.1 Å². The van der Waals surface area contributed by atoms with E-state index in [0.29, 0.717) is 11.6 Å². The molecule has 1 fully saturated rings. The number of benzene rings is 2. The smallest absolute Gasteiger partial charge is 0.233 e. The largest absolute Gasteiger partial charge is 0.419 e. The molecule has 1 N–H and O–H groups in total. The number of hydrogen-bond donors (Lipinski definition) is 1. The Morgan fingerprint density at radius 1 is 1.09 bits per heavy atom. The van der Waals surface area contributed by atoms with Crippen molar-refractivity contribution in [1.82, 2.24) is 9.88 Å². The molecule has 0 saturated carbocycles. The molecule has 0 spiro atoms. The maximum atomic E-state index is 13.3. The van der Waals surface area contributed by atoms with Crippen molar-refractivity contribution >= 4 is 27.3 Å². The fourth-order valence-corrected chi connectivity index (χ4v) is 4.99. The molecule has 0 aliphatic carbocycles. The molecular formula is C23H26ClN3O4S. The minimum absolute atomic E-state index is 0.114. The summed E-state index contributed by atoms with van der Waals surface area (Å²) in [4.78, 5) is 6.85. The van der Waals surface area contributed by atoms with E-state index >= 15 is 0 Å². The Labute approximate surface area is 193 Å². The molecule has 0 unspecified atom stereocenters. The number of hydrogen-bond acceptors (Lipinski definition) is 7. The number of aromatic nitrogens is 1. The summed E-state index contributed by atoms with van der Waals surface area (Å²) in [5, 5.41) is 3.50. The SMILES string of the molecule is Cc1ccccc1-c1nc(S(=O)(=O)c2ccc(Cl)cc2)c(NCCCN2CCOCC2)o1. The highest BCUT2D eigenvalue weighted by Crippen LogP contribution is 2.33. The summed E-state index contributed by atoms with van der Waals surface area (Å²) in [6, 6.07) is 13.6. The minimum Gasteiger partial charge on any atom is -0.419 e. The molecule has 1 saturated heterocycles. The summed E-state index contributed by atoms with van der Waals surface area (Å²) in [5.41, 5.74) is 1.70. The first kappa shape index (κ1) is 22.8. The first-order chi connectivity index (χ1) is 15.4. The Kier molecular flexibility index (Phi) is 7.15. The van der Waals surface area contributed by atoms with E-state index in [9.17, 15) is 8.42 Å². The predicted octanol–water partition coefficient (Wildman–Crippen LogP) is 4.27. The van der Waals surface area contributed by atoms with Crippen LogP contribution in [0.3, 0.4) is 0 Å². The van der Waals surface area contributed by atoms with Gasteiger partial charge >= 0.3 is 0 Å². The molecule has 170 valence electrons. The lowest BCUT2D eigenvalue weighted by Crippen LogP contribution is -2.37. The summed E-state index contributed by atoms with van der Waals surface area (Å²) in [7, 11) is -3.90. The van der Waals surface area contributed by atoms with Crippen LogP contribution in [-0.4, -0.2) is 57.7 Å². The lowest BCUT2D eigenvalue weighted by Gasteiger charge is -2.26. The quantitative estimate of drug-likeness (QED) is 0.487. The standard InChI is InChI=1S/C23H26ClN3O4S/c1-17-5-2-3-6-20(17)21-26-23(32(28,29)19-9-7-18(24)8-10-19)22(31-21)25-11-4-12-27-13-15-30-16-14-27/h2-3,5-10,25H,4,11-16H2,1H3. The van der Waals surface area contributed by atoms with Crippen LogP contribution in [-0.2, 0) is 14.6 Å². The van der Waals surface area contributed by atoms with Gasteiger partial charge in [-0.1, -0.05) is 29.8 Å². The number of anilines is 1. The summed E-state index contributed by atoms with van der Waals surface area (Å²) >= 11 is 5.94. The number of nitrogens with one attached hydrogen (secondary N) is 1.